The van der Waals surface area contributed by atoms with Crippen molar-refractivity contribution in [1.29, 1.82) is 0 Å². The van der Waals surface area contributed by atoms with Crippen LogP contribution in [-0.4, -0.2) is 11.5 Å². The average Bonchev–Trinajstić information content (AvgIpc) is 2.17. The second-order valence-corrected chi connectivity index (χ2v) is 3.21. The zero-order valence-electron chi connectivity index (χ0n) is 7.37. The van der Waals surface area contributed by atoms with Crippen LogP contribution in [0.3, 0.4) is 0 Å². The maximum absolute atomic E-state index is 13.4. The molecule has 74 valence electrons. The molecule has 4 nitrogen and oxygen atoms in total. The zero-order chi connectivity index (χ0) is 10.1. The van der Waals surface area contributed by atoms with Gasteiger partial charge in [-0.1, -0.05) is 12.1 Å². The summed E-state index contributed by atoms with van der Waals surface area (Å²) in [5, 5.41) is 13.5. The molecule has 0 saturated heterocycles. The first kappa shape index (κ1) is 9.08. The fourth-order valence-corrected chi connectivity index (χ4v) is 1.71. The van der Waals surface area contributed by atoms with Gasteiger partial charge in [0.15, 0.2) is 0 Å². The van der Waals surface area contributed by atoms with Crippen LogP contribution in [0.4, 0.5) is 10.1 Å². The Bertz CT molecular complexity index is 381. The number of hydrogen-bond donors (Lipinski definition) is 1. The maximum atomic E-state index is 13.4. The molecule has 1 atom stereocenters. The molecule has 0 spiro atoms. The van der Waals surface area contributed by atoms with E-state index >= 15 is 0 Å². The molecule has 0 radical (unpaired) electrons. The molecule has 1 aliphatic rings. The minimum Gasteiger partial charge on any atom is -0.309 e. The first-order chi connectivity index (χ1) is 6.70. The third kappa shape index (κ3) is 1.35. The van der Waals surface area contributed by atoms with Gasteiger partial charge in [-0.2, -0.15) is 0 Å². The Hall–Kier alpha value is -1.49. The number of fused-ring (bicyclic) bond motifs is 1. The number of halogens is 1. The number of benzene rings is 1. The summed E-state index contributed by atoms with van der Waals surface area (Å²) < 4.78 is 13.4. The predicted molar refractivity (Wildman–Crippen MR) is 48.7 cm³/mol. The van der Waals surface area contributed by atoms with Gasteiger partial charge in [0.1, 0.15) is 6.17 Å². The Balaban J connectivity index is 2.57. The summed E-state index contributed by atoms with van der Waals surface area (Å²) in [6, 6.07) is 4.63. The van der Waals surface area contributed by atoms with E-state index in [-0.39, 0.29) is 17.8 Å². The van der Waals surface area contributed by atoms with Gasteiger partial charge in [0.05, 0.1) is 10.5 Å². The molecule has 0 bridgehead atoms. The van der Waals surface area contributed by atoms with Crippen molar-refractivity contribution in [3.8, 4) is 0 Å². The highest BCUT2D eigenvalue weighted by Gasteiger charge is 2.27. The van der Waals surface area contributed by atoms with Gasteiger partial charge in [-0.05, 0) is 5.56 Å². The lowest BCUT2D eigenvalue weighted by Crippen LogP contribution is -2.26. The highest BCUT2D eigenvalue weighted by Crippen LogP contribution is 2.32. The van der Waals surface area contributed by atoms with Crippen molar-refractivity contribution >= 4 is 5.69 Å². The number of nitro benzene ring substituents is 1. The van der Waals surface area contributed by atoms with Crippen molar-refractivity contribution in [2.45, 2.75) is 12.7 Å². The van der Waals surface area contributed by atoms with Gasteiger partial charge in [-0.15, -0.1) is 0 Å². The summed E-state index contributed by atoms with van der Waals surface area (Å²) in [7, 11) is 0. The van der Waals surface area contributed by atoms with E-state index in [1.807, 2.05) is 0 Å². The minimum absolute atomic E-state index is 0.114. The van der Waals surface area contributed by atoms with Crippen LogP contribution in [0.1, 0.15) is 17.3 Å². The molecule has 0 saturated carbocycles. The second-order valence-electron chi connectivity index (χ2n) is 3.21. The average molecular weight is 196 g/mol. The van der Waals surface area contributed by atoms with Gasteiger partial charge in [0.25, 0.3) is 5.69 Å². The molecule has 1 heterocycles. The summed E-state index contributed by atoms with van der Waals surface area (Å²) >= 11 is 0. The molecule has 5 heteroatoms. The SMILES string of the molecule is O=[N+]([O-])c1cccc2c1C(F)CNC2. The van der Waals surface area contributed by atoms with Gasteiger partial charge >= 0.3 is 0 Å². The summed E-state index contributed by atoms with van der Waals surface area (Å²) in [5.74, 6) is 0. The quantitative estimate of drug-likeness (QED) is 0.549. The molecule has 1 N–H and O–H groups in total. The molecule has 1 aromatic carbocycles. The Kier molecular flexibility index (Phi) is 2.17. The fraction of sp³-hybridized carbons (Fsp3) is 0.333. The molecule has 14 heavy (non-hydrogen) atoms. The number of nitro groups is 1. The molecular formula is C9H9FN2O2. The van der Waals surface area contributed by atoms with E-state index in [4.69, 9.17) is 0 Å². The van der Waals surface area contributed by atoms with Crippen LogP contribution in [-0.2, 0) is 6.54 Å². The lowest BCUT2D eigenvalue weighted by molar-refractivity contribution is -0.386. The lowest BCUT2D eigenvalue weighted by atomic mass is 9.98. The van der Waals surface area contributed by atoms with Gasteiger partial charge in [-0.25, -0.2) is 4.39 Å². The van der Waals surface area contributed by atoms with Crippen LogP contribution in [0.5, 0.6) is 0 Å². The van der Waals surface area contributed by atoms with Crippen molar-refractivity contribution in [2.24, 2.45) is 0 Å². The lowest BCUT2D eigenvalue weighted by Gasteiger charge is -2.19. The monoisotopic (exact) mass is 196 g/mol. The third-order valence-corrected chi connectivity index (χ3v) is 2.32. The smallest absolute Gasteiger partial charge is 0.275 e. The summed E-state index contributed by atoms with van der Waals surface area (Å²) in [5.41, 5.74) is 0.797. The normalized spacial score (nSPS) is 20.2. The molecular weight excluding hydrogens is 187 g/mol. The van der Waals surface area contributed by atoms with Crippen molar-refractivity contribution in [3.05, 3.63) is 39.4 Å². The fourth-order valence-electron chi connectivity index (χ4n) is 1.71. The van der Waals surface area contributed by atoms with Crippen LogP contribution < -0.4 is 5.32 Å². The first-order valence-electron chi connectivity index (χ1n) is 4.31. The topological polar surface area (TPSA) is 55.2 Å². The number of alkyl halides is 1. The zero-order valence-corrected chi connectivity index (χ0v) is 7.37. The highest BCUT2D eigenvalue weighted by atomic mass is 19.1. The van der Waals surface area contributed by atoms with E-state index in [0.717, 1.165) is 0 Å². The molecule has 0 aromatic heterocycles. The van der Waals surface area contributed by atoms with Crippen LogP contribution in [0.25, 0.3) is 0 Å². The van der Waals surface area contributed by atoms with Crippen molar-refractivity contribution in [3.63, 3.8) is 0 Å². The van der Waals surface area contributed by atoms with Gasteiger partial charge in [0, 0.05) is 19.2 Å². The third-order valence-electron chi connectivity index (χ3n) is 2.32. The Morgan fingerprint density at radius 3 is 3.07 bits per heavy atom. The molecule has 1 unspecified atom stereocenters. The van der Waals surface area contributed by atoms with Crippen molar-refractivity contribution in [1.82, 2.24) is 5.32 Å². The van der Waals surface area contributed by atoms with Crippen LogP contribution in [0.2, 0.25) is 0 Å². The van der Waals surface area contributed by atoms with Gasteiger partial charge < -0.3 is 5.32 Å². The summed E-state index contributed by atoms with van der Waals surface area (Å²) in [6.45, 7) is 0.648. The maximum Gasteiger partial charge on any atom is 0.275 e. The summed E-state index contributed by atoms with van der Waals surface area (Å²) in [4.78, 5) is 10.1. The Morgan fingerprint density at radius 1 is 1.57 bits per heavy atom. The number of hydrogen-bond acceptors (Lipinski definition) is 3. The van der Waals surface area contributed by atoms with E-state index in [2.05, 4.69) is 5.32 Å². The molecule has 1 aliphatic heterocycles. The van der Waals surface area contributed by atoms with Crippen molar-refractivity contribution < 1.29 is 9.31 Å². The van der Waals surface area contributed by atoms with E-state index in [1.54, 1.807) is 12.1 Å². The Labute approximate surface area is 79.9 Å². The molecule has 0 amide bonds. The standard InChI is InChI=1S/C9H9FN2O2/c10-7-5-11-4-6-2-1-3-8(9(6)7)12(13)14/h1-3,7,11H,4-5H2. The van der Waals surface area contributed by atoms with E-state index < -0.39 is 11.1 Å². The van der Waals surface area contributed by atoms with E-state index in [9.17, 15) is 14.5 Å². The number of nitrogens with one attached hydrogen (secondary N) is 1. The minimum atomic E-state index is -1.28. The number of rotatable bonds is 1. The number of nitrogens with zero attached hydrogens (tertiary/aromatic N) is 1. The highest BCUT2D eigenvalue weighted by molar-refractivity contribution is 5.48. The Morgan fingerprint density at radius 2 is 2.36 bits per heavy atom. The van der Waals surface area contributed by atoms with E-state index in [1.165, 1.54) is 6.07 Å². The molecule has 0 fully saturated rings. The summed E-state index contributed by atoms with van der Waals surface area (Å²) in [6.07, 6.45) is -1.28. The molecule has 2 rings (SSSR count). The van der Waals surface area contributed by atoms with Gasteiger partial charge in [-0.3, -0.25) is 10.1 Å². The molecule has 1 aromatic rings. The van der Waals surface area contributed by atoms with Gasteiger partial charge in [0.2, 0.25) is 0 Å². The largest absolute Gasteiger partial charge is 0.309 e. The van der Waals surface area contributed by atoms with Crippen LogP contribution in [0.15, 0.2) is 18.2 Å². The second kappa shape index (κ2) is 3.34. The van der Waals surface area contributed by atoms with E-state index in [0.29, 0.717) is 12.1 Å². The van der Waals surface area contributed by atoms with Crippen LogP contribution in [0, 0.1) is 10.1 Å². The van der Waals surface area contributed by atoms with Crippen molar-refractivity contribution in [2.75, 3.05) is 6.54 Å². The molecule has 0 aliphatic carbocycles. The van der Waals surface area contributed by atoms with Crippen LogP contribution >= 0.6 is 0 Å². The predicted octanol–water partition coefficient (Wildman–Crippen LogP) is 1.71. The first-order valence-corrected chi connectivity index (χ1v) is 4.31.